The number of amides is 2. The van der Waals surface area contributed by atoms with Crippen molar-refractivity contribution >= 4 is 34.1 Å². The quantitative estimate of drug-likeness (QED) is 0.613. The maximum atomic E-state index is 12.4. The van der Waals surface area contributed by atoms with Crippen molar-refractivity contribution in [3.8, 4) is 0 Å². The van der Waals surface area contributed by atoms with Crippen LogP contribution in [0.1, 0.15) is 28.0 Å². The Balaban J connectivity index is 1.57. The van der Waals surface area contributed by atoms with E-state index >= 15 is 0 Å². The molecule has 0 unspecified atom stereocenters. The van der Waals surface area contributed by atoms with Gasteiger partial charge in [0.25, 0.3) is 5.91 Å². The fourth-order valence-electron chi connectivity index (χ4n) is 2.44. The summed E-state index contributed by atoms with van der Waals surface area (Å²) in [6.07, 6.45) is 2.22. The van der Waals surface area contributed by atoms with E-state index in [1.165, 1.54) is 6.20 Å². The van der Waals surface area contributed by atoms with Gasteiger partial charge in [0.05, 0.1) is 23.8 Å². The lowest BCUT2D eigenvalue weighted by Crippen LogP contribution is -2.38. The van der Waals surface area contributed by atoms with Crippen molar-refractivity contribution in [2.24, 2.45) is 0 Å². The molecule has 0 aliphatic heterocycles. The van der Waals surface area contributed by atoms with Crippen LogP contribution in [0, 0.1) is 0 Å². The van der Waals surface area contributed by atoms with Gasteiger partial charge in [-0.15, -0.1) is 11.3 Å². The van der Waals surface area contributed by atoms with Gasteiger partial charge in [0.1, 0.15) is 5.56 Å². The number of carbonyl (C=O) groups excluding carboxylic acids is 2. The van der Waals surface area contributed by atoms with Crippen LogP contribution >= 0.6 is 11.3 Å². The van der Waals surface area contributed by atoms with Gasteiger partial charge in [0.15, 0.2) is 0 Å². The molecule has 26 heavy (non-hydrogen) atoms. The van der Waals surface area contributed by atoms with Crippen molar-refractivity contribution in [1.29, 1.82) is 0 Å². The van der Waals surface area contributed by atoms with Crippen LogP contribution in [0.3, 0.4) is 0 Å². The van der Waals surface area contributed by atoms with E-state index in [4.69, 9.17) is 0 Å². The number of pyridine rings is 1. The predicted octanol–water partition coefficient (Wildman–Crippen LogP) is 1.59. The second-order valence-corrected chi connectivity index (χ2v) is 6.57. The van der Waals surface area contributed by atoms with Gasteiger partial charge in [-0.3, -0.25) is 14.4 Å². The van der Waals surface area contributed by atoms with Crippen molar-refractivity contribution in [3.63, 3.8) is 0 Å². The monoisotopic (exact) mass is 370 g/mol. The highest BCUT2D eigenvalue weighted by Gasteiger charge is 2.14. The number of aromatic amines is 1. The van der Waals surface area contributed by atoms with Crippen LogP contribution in [0.5, 0.6) is 0 Å². The standard InChI is InChI=1S/C18H18N4O3S/c1-2-16-22-11(10-26-16)7-20-15(23)9-21-18(25)13-8-19-14-6-4-3-5-12(14)17(13)24/h3-6,8,10H,2,7,9H2,1H3,(H,19,24)(H,20,23)(H,21,25). The first-order chi connectivity index (χ1) is 12.6. The molecule has 3 rings (SSSR count). The molecule has 3 N–H and O–H groups in total. The van der Waals surface area contributed by atoms with Crippen molar-refractivity contribution in [3.05, 3.63) is 62.3 Å². The Hall–Kier alpha value is -3.00. The fraction of sp³-hybridized carbons (Fsp3) is 0.222. The molecular formula is C18H18N4O3S. The average Bonchev–Trinajstić information content (AvgIpc) is 3.13. The first kappa shape index (κ1) is 17.8. The van der Waals surface area contributed by atoms with Crippen molar-refractivity contribution < 1.29 is 9.59 Å². The molecule has 0 saturated heterocycles. The average molecular weight is 370 g/mol. The number of nitrogens with one attached hydrogen (secondary N) is 3. The SMILES string of the molecule is CCc1nc(CNC(=O)CNC(=O)c2c[nH]c3ccccc3c2=O)cs1. The molecule has 2 aromatic heterocycles. The molecule has 3 aromatic rings. The van der Waals surface area contributed by atoms with E-state index in [0.717, 1.165) is 17.1 Å². The Morgan fingerprint density at radius 2 is 2.04 bits per heavy atom. The van der Waals surface area contributed by atoms with Gasteiger partial charge < -0.3 is 15.6 Å². The molecule has 0 spiro atoms. The maximum Gasteiger partial charge on any atom is 0.257 e. The van der Waals surface area contributed by atoms with E-state index < -0.39 is 5.91 Å². The number of para-hydroxylation sites is 1. The van der Waals surface area contributed by atoms with E-state index in [-0.39, 0.29) is 23.4 Å². The summed E-state index contributed by atoms with van der Waals surface area (Å²) in [5.74, 6) is -0.935. The summed E-state index contributed by atoms with van der Waals surface area (Å²) < 4.78 is 0. The summed E-state index contributed by atoms with van der Waals surface area (Å²) in [7, 11) is 0. The van der Waals surface area contributed by atoms with Crippen LogP contribution in [0.4, 0.5) is 0 Å². The van der Waals surface area contributed by atoms with E-state index in [2.05, 4.69) is 20.6 Å². The molecule has 0 saturated carbocycles. The highest BCUT2D eigenvalue weighted by Crippen LogP contribution is 2.09. The normalized spacial score (nSPS) is 10.7. The number of nitrogens with zero attached hydrogens (tertiary/aromatic N) is 1. The molecule has 0 bridgehead atoms. The van der Waals surface area contributed by atoms with E-state index in [9.17, 15) is 14.4 Å². The van der Waals surface area contributed by atoms with Crippen LogP contribution in [0.25, 0.3) is 10.9 Å². The number of aryl methyl sites for hydroxylation is 1. The predicted molar refractivity (Wildman–Crippen MR) is 100 cm³/mol. The van der Waals surface area contributed by atoms with Crippen LogP contribution in [-0.2, 0) is 17.8 Å². The topological polar surface area (TPSA) is 104 Å². The zero-order valence-electron chi connectivity index (χ0n) is 14.2. The second-order valence-electron chi connectivity index (χ2n) is 5.62. The summed E-state index contributed by atoms with van der Waals surface area (Å²) in [6, 6.07) is 6.94. The third-order valence-corrected chi connectivity index (χ3v) is 4.85. The lowest BCUT2D eigenvalue weighted by atomic mass is 10.1. The maximum absolute atomic E-state index is 12.4. The fourth-order valence-corrected chi connectivity index (χ4v) is 3.18. The molecular weight excluding hydrogens is 352 g/mol. The molecule has 1 aromatic carbocycles. The summed E-state index contributed by atoms with van der Waals surface area (Å²) >= 11 is 1.55. The van der Waals surface area contributed by atoms with Crippen LogP contribution in [0.2, 0.25) is 0 Å². The van der Waals surface area contributed by atoms with Gasteiger partial charge in [-0.05, 0) is 18.6 Å². The van der Waals surface area contributed by atoms with Gasteiger partial charge in [-0.1, -0.05) is 19.1 Å². The molecule has 2 heterocycles. The van der Waals surface area contributed by atoms with Crippen LogP contribution in [-0.4, -0.2) is 28.3 Å². The third-order valence-electron chi connectivity index (χ3n) is 3.81. The van der Waals surface area contributed by atoms with Crippen molar-refractivity contribution in [2.45, 2.75) is 19.9 Å². The molecule has 0 radical (unpaired) electrons. The first-order valence-corrected chi connectivity index (χ1v) is 9.05. The first-order valence-electron chi connectivity index (χ1n) is 8.17. The third kappa shape index (κ3) is 3.97. The zero-order chi connectivity index (χ0) is 18.5. The van der Waals surface area contributed by atoms with Gasteiger partial charge >= 0.3 is 0 Å². The van der Waals surface area contributed by atoms with Crippen LogP contribution in [0.15, 0.2) is 40.6 Å². The zero-order valence-corrected chi connectivity index (χ0v) is 15.0. The lowest BCUT2D eigenvalue weighted by Gasteiger charge is -2.06. The molecule has 2 amide bonds. The van der Waals surface area contributed by atoms with Gasteiger partial charge in [0.2, 0.25) is 11.3 Å². The number of H-pyrrole nitrogens is 1. The van der Waals surface area contributed by atoms with E-state index in [0.29, 0.717) is 17.4 Å². The highest BCUT2D eigenvalue weighted by atomic mass is 32.1. The molecule has 0 fully saturated rings. The van der Waals surface area contributed by atoms with Crippen molar-refractivity contribution in [1.82, 2.24) is 20.6 Å². The minimum Gasteiger partial charge on any atom is -0.360 e. The number of fused-ring (bicyclic) bond motifs is 1. The second kappa shape index (κ2) is 7.92. The molecule has 0 aliphatic rings. The van der Waals surface area contributed by atoms with Gasteiger partial charge in [-0.25, -0.2) is 4.98 Å². The Morgan fingerprint density at radius 3 is 2.81 bits per heavy atom. The lowest BCUT2D eigenvalue weighted by molar-refractivity contribution is -0.120. The van der Waals surface area contributed by atoms with E-state index in [1.54, 1.807) is 35.6 Å². The van der Waals surface area contributed by atoms with E-state index in [1.807, 2.05) is 12.3 Å². The largest absolute Gasteiger partial charge is 0.360 e. The summed E-state index contributed by atoms with van der Waals surface area (Å²) in [4.78, 5) is 43.7. The number of hydrogen-bond acceptors (Lipinski definition) is 5. The molecule has 0 aliphatic carbocycles. The highest BCUT2D eigenvalue weighted by molar-refractivity contribution is 7.09. The molecule has 8 heteroatoms. The Kier molecular flexibility index (Phi) is 5.43. The summed E-state index contributed by atoms with van der Waals surface area (Å²) in [5, 5.41) is 8.50. The number of rotatable bonds is 6. The Bertz CT molecular complexity index is 1010. The number of aromatic nitrogens is 2. The number of thiazole rings is 1. The van der Waals surface area contributed by atoms with Crippen LogP contribution < -0.4 is 16.1 Å². The summed E-state index contributed by atoms with van der Waals surface area (Å²) in [5.41, 5.74) is 1.05. The minimum atomic E-state index is -0.589. The summed E-state index contributed by atoms with van der Waals surface area (Å²) in [6.45, 7) is 2.11. The smallest absolute Gasteiger partial charge is 0.257 e. The molecule has 0 atom stereocenters. The Labute approximate surface area is 153 Å². The Morgan fingerprint density at radius 1 is 1.23 bits per heavy atom. The minimum absolute atomic E-state index is 0.0245. The number of carbonyl (C=O) groups is 2. The molecule has 134 valence electrons. The van der Waals surface area contributed by atoms with Gasteiger partial charge in [0, 0.05) is 22.5 Å². The number of benzene rings is 1. The number of hydrogen-bond donors (Lipinski definition) is 3. The van der Waals surface area contributed by atoms with Gasteiger partial charge in [-0.2, -0.15) is 0 Å². The van der Waals surface area contributed by atoms with Crippen molar-refractivity contribution in [2.75, 3.05) is 6.54 Å². The molecule has 7 nitrogen and oxygen atoms in total.